The molecule has 0 bridgehead atoms. The number of hydrogen-bond acceptors (Lipinski definition) is 4. The van der Waals surface area contributed by atoms with Gasteiger partial charge in [0.2, 0.25) is 10.0 Å². The predicted molar refractivity (Wildman–Crippen MR) is 82.0 cm³/mol. The van der Waals surface area contributed by atoms with Crippen LogP contribution in [0.5, 0.6) is 0 Å². The van der Waals surface area contributed by atoms with Gasteiger partial charge < -0.3 is 10.1 Å². The van der Waals surface area contributed by atoms with Crippen LogP contribution >= 0.6 is 0 Å². The lowest BCUT2D eigenvalue weighted by Crippen LogP contribution is -2.33. The molecule has 1 fully saturated rings. The summed E-state index contributed by atoms with van der Waals surface area (Å²) in [5.41, 5.74) is 1.87. The van der Waals surface area contributed by atoms with Crippen molar-refractivity contribution in [3.8, 4) is 0 Å². The van der Waals surface area contributed by atoms with E-state index in [1.807, 2.05) is 6.07 Å². The molecule has 0 atom stereocenters. The zero-order valence-electron chi connectivity index (χ0n) is 12.1. The van der Waals surface area contributed by atoms with Gasteiger partial charge in [-0.25, -0.2) is 13.1 Å². The van der Waals surface area contributed by atoms with Gasteiger partial charge in [0.05, 0.1) is 4.90 Å². The third-order valence-corrected chi connectivity index (χ3v) is 5.75. The molecule has 1 aromatic carbocycles. The summed E-state index contributed by atoms with van der Waals surface area (Å²) in [5, 5.41) is 3.27. The highest BCUT2D eigenvalue weighted by Crippen LogP contribution is 2.28. The second kappa shape index (κ2) is 6.34. The van der Waals surface area contributed by atoms with E-state index in [2.05, 4.69) is 10.0 Å². The number of anilines is 1. The predicted octanol–water partition coefficient (Wildman–Crippen LogP) is 1.75. The van der Waals surface area contributed by atoms with Gasteiger partial charge in [-0.2, -0.15) is 0 Å². The van der Waals surface area contributed by atoms with Crippen molar-refractivity contribution in [3.63, 3.8) is 0 Å². The first-order valence-electron chi connectivity index (χ1n) is 7.60. The van der Waals surface area contributed by atoms with Gasteiger partial charge in [-0.1, -0.05) is 6.07 Å². The van der Waals surface area contributed by atoms with E-state index in [1.54, 1.807) is 12.1 Å². The standard InChI is InChI=1S/C15H22N2O3S/c18-21(19,17-11-12-6-9-20-10-7-12)15-5-1-4-14-13(15)3-2-8-16-14/h1,4-5,12,16-17H,2-3,6-11H2. The van der Waals surface area contributed by atoms with Gasteiger partial charge in [-0.15, -0.1) is 0 Å². The normalized spacial score (nSPS) is 19.8. The molecular weight excluding hydrogens is 288 g/mol. The van der Waals surface area contributed by atoms with Gasteiger partial charge >= 0.3 is 0 Å². The SMILES string of the molecule is O=S(=O)(NCC1CCOCC1)c1cccc2c1CCCN2. The molecule has 2 N–H and O–H groups in total. The Morgan fingerprint density at radius 2 is 2.10 bits per heavy atom. The number of benzene rings is 1. The average Bonchev–Trinajstić information content (AvgIpc) is 2.53. The lowest BCUT2D eigenvalue weighted by Gasteiger charge is -2.24. The first kappa shape index (κ1) is 14.8. The molecule has 6 heteroatoms. The number of nitrogens with one attached hydrogen (secondary N) is 2. The molecule has 0 radical (unpaired) electrons. The monoisotopic (exact) mass is 310 g/mol. The summed E-state index contributed by atoms with van der Waals surface area (Å²) in [6.07, 6.45) is 3.64. The highest BCUT2D eigenvalue weighted by atomic mass is 32.2. The summed E-state index contributed by atoms with van der Waals surface area (Å²) in [5.74, 6) is 0.381. The number of rotatable bonds is 4. The van der Waals surface area contributed by atoms with Crippen LogP contribution in [0.1, 0.15) is 24.8 Å². The van der Waals surface area contributed by atoms with Crippen LogP contribution in [0.4, 0.5) is 5.69 Å². The van der Waals surface area contributed by atoms with Crippen molar-refractivity contribution in [1.82, 2.24) is 4.72 Å². The highest BCUT2D eigenvalue weighted by molar-refractivity contribution is 7.89. The first-order chi connectivity index (χ1) is 10.2. The van der Waals surface area contributed by atoms with E-state index in [4.69, 9.17) is 4.74 Å². The van der Waals surface area contributed by atoms with Crippen LogP contribution in [-0.4, -0.2) is 34.7 Å². The van der Waals surface area contributed by atoms with Crippen molar-refractivity contribution >= 4 is 15.7 Å². The Kier molecular flexibility index (Phi) is 4.47. The van der Waals surface area contributed by atoms with Crippen LogP contribution in [0.3, 0.4) is 0 Å². The molecule has 0 unspecified atom stereocenters. The van der Waals surface area contributed by atoms with Crippen molar-refractivity contribution in [3.05, 3.63) is 23.8 Å². The van der Waals surface area contributed by atoms with E-state index in [-0.39, 0.29) is 0 Å². The van der Waals surface area contributed by atoms with Crippen LogP contribution in [0.2, 0.25) is 0 Å². The van der Waals surface area contributed by atoms with Crippen molar-refractivity contribution in [2.45, 2.75) is 30.6 Å². The van der Waals surface area contributed by atoms with E-state index in [0.717, 1.165) is 56.7 Å². The van der Waals surface area contributed by atoms with E-state index in [0.29, 0.717) is 17.4 Å². The zero-order chi connectivity index (χ0) is 14.7. The van der Waals surface area contributed by atoms with Crippen LogP contribution in [0, 0.1) is 5.92 Å². The Labute approximate surface area is 126 Å². The van der Waals surface area contributed by atoms with Crippen LogP contribution in [0.15, 0.2) is 23.1 Å². The fourth-order valence-electron chi connectivity index (χ4n) is 2.98. The zero-order valence-corrected chi connectivity index (χ0v) is 12.9. The van der Waals surface area contributed by atoms with Gasteiger partial charge in [-0.05, 0) is 49.3 Å². The molecular formula is C15H22N2O3S. The largest absolute Gasteiger partial charge is 0.385 e. The van der Waals surface area contributed by atoms with E-state index in [9.17, 15) is 8.42 Å². The van der Waals surface area contributed by atoms with E-state index >= 15 is 0 Å². The summed E-state index contributed by atoms with van der Waals surface area (Å²) in [7, 11) is -3.43. The highest BCUT2D eigenvalue weighted by Gasteiger charge is 2.23. The van der Waals surface area contributed by atoms with E-state index in [1.165, 1.54) is 0 Å². The number of hydrogen-bond donors (Lipinski definition) is 2. The minimum atomic E-state index is -3.43. The maximum Gasteiger partial charge on any atom is 0.240 e. The van der Waals surface area contributed by atoms with Gasteiger partial charge in [-0.3, -0.25) is 0 Å². The van der Waals surface area contributed by atoms with Crippen LogP contribution in [0.25, 0.3) is 0 Å². The minimum Gasteiger partial charge on any atom is -0.385 e. The maximum atomic E-state index is 12.6. The second-order valence-electron chi connectivity index (χ2n) is 5.72. The molecule has 3 rings (SSSR count). The first-order valence-corrected chi connectivity index (χ1v) is 9.08. The van der Waals surface area contributed by atoms with Crippen molar-refractivity contribution in [2.24, 2.45) is 5.92 Å². The molecule has 0 aromatic heterocycles. The second-order valence-corrected chi connectivity index (χ2v) is 7.46. The summed E-state index contributed by atoms with van der Waals surface area (Å²) >= 11 is 0. The van der Waals surface area contributed by atoms with Gasteiger partial charge in [0, 0.05) is 32.0 Å². The molecule has 2 aliphatic rings. The van der Waals surface area contributed by atoms with Gasteiger partial charge in [0.25, 0.3) is 0 Å². The Morgan fingerprint density at radius 3 is 2.90 bits per heavy atom. The third-order valence-electron chi connectivity index (χ3n) is 4.24. The molecule has 2 heterocycles. The van der Waals surface area contributed by atoms with Crippen molar-refractivity contribution < 1.29 is 13.2 Å². The summed E-state index contributed by atoms with van der Waals surface area (Å²) in [6, 6.07) is 5.46. The Morgan fingerprint density at radius 1 is 1.29 bits per heavy atom. The van der Waals surface area contributed by atoms with E-state index < -0.39 is 10.0 Å². The number of fused-ring (bicyclic) bond motifs is 1. The van der Waals surface area contributed by atoms with Crippen LogP contribution in [-0.2, 0) is 21.2 Å². The Hall–Kier alpha value is -1.11. The number of ether oxygens (including phenoxy) is 1. The smallest absolute Gasteiger partial charge is 0.240 e. The quantitative estimate of drug-likeness (QED) is 0.889. The van der Waals surface area contributed by atoms with Gasteiger partial charge in [0.15, 0.2) is 0 Å². The minimum absolute atomic E-state index is 0.381. The molecule has 116 valence electrons. The fourth-order valence-corrected chi connectivity index (χ4v) is 4.39. The molecule has 0 saturated carbocycles. The lowest BCUT2D eigenvalue weighted by atomic mass is 10.0. The lowest BCUT2D eigenvalue weighted by molar-refractivity contribution is 0.0678. The van der Waals surface area contributed by atoms with Crippen LogP contribution < -0.4 is 10.0 Å². The molecule has 2 aliphatic heterocycles. The fraction of sp³-hybridized carbons (Fsp3) is 0.600. The molecule has 5 nitrogen and oxygen atoms in total. The molecule has 0 amide bonds. The maximum absolute atomic E-state index is 12.6. The Balaban J connectivity index is 1.75. The molecule has 21 heavy (non-hydrogen) atoms. The molecule has 1 saturated heterocycles. The summed E-state index contributed by atoms with van der Waals surface area (Å²) < 4.78 is 33.2. The molecule has 0 aliphatic carbocycles. The summed E-state index contributed by atoms with van der Waals surface area (Å²) in [4.78, 5) is 0.430. The third kappa shape index (κ3) is 3.39. The topological polar surface area (TPSA) is 67.4 Å². The number of sulfonamides is 1. The molecule has 1 aromatic rings. The Bertz CT molecular complexity index is 595. The van der Waals surface area contributed by atoms with Crippen molar-refractivity contribution in [2.75, 3.05) is 31.6 Å². The average molecular weight is 310 g/mol. The van der Waals surface area contributed by atoms with Gasteiger partial charge in [0.1, 0.15) is 0 Å². The summed E-state index contributed by atoms with van der Waals surface area (Å²) in [6.45, 7) is 2.88. The van der Waals surface area contributed by atoms with Crippen molar-refractivity contribution in [1.29, 1.82) is 0 Å². The molecule has 0 spiro atoms.